The minimum Gasteiger partial charge on any atom is -0.357 e. The van der Waals surface area contributed by atoms with Crippen LogP contribution >= 0.6 is 0 Å². The summed E-state index contributed by atoms with van der Waals surface area (Å²) in [6.07, 6.45) is 5.58. The van der Waals surface area contributed by atoms with E-state index in [1.54, 1.807) is 29.5 Å². The number of pyridine rings is 1. The van der Waals surface area contributed by atoms with Crippen LogP contribution in [0.2, 0.25) is 0 Å². The first-order valence-electron chi connectivity index (χ1n) is 9.59. The highest BCUT2D eigenvalue weighted by Crippen LogP contribution is 2.30. The molecule has 0 bridgehead atoms. The van der Waals surface area contributed by atoms with Crippen molar-refractivity contribution in [3.05, 3.63) is 43.2 Å². The van der Waals surface area contributed by atoms with E-state index in [9.17, 15) is 18.0 Å². The second-order valence-corrected chi connectivity index (χ2v) is 7.21. The summed E-state index contributed by atoms with van der Waals surface area (Å²) in [5.41, 5.74) is 3.70. The molecule has 4 aromatic rings. The van der Waals surface area contributed by atoms with E-state index >= 15 is 0 Å². The monoisotopic (exact) mass is 444 g/mol. The van der Waals surface area contributed by atoms with Crippen LogP contribution in [-0.2, 0) is 11.8 Å². The zero-order valence-electron chi connectivity index (χ0n) is 17.1. The first-order valence-corrected chi connectivity index (χ1v) is 9.59. The highest BCUT2D eigenvalue weighted by Gasteiger charge is 2.28. The Hall–Kier alpha value is -3.96. The van der Waals surface area contributed by atoms with Gasteiger partial charge in [-0.25, -0.2) is 9.97 Å². The fourth-order valence-electron chi connectivity index (χ4n) is 3.14. The number of alkyl halides is 3. The highest BCUT2D eigenvalue weighted by molar-refractivity contribution is 5.95. The SMILES string of the molecule is CC(Nc1cncc(-c2c[nH]c3ncc(-c4cnn(C)c4)cc23)n1)C(=O)NCC(F)(F)F. The van der Waals surface area contributed by atoms with Gasteiger partial charge in [0, 0.05) is 47.7 Å². The topological polar surface area (TPSA) is 113 Å². The molecule has 32 heavy (non-hydrogen) atoms. The van der Waals surface area contributed by atoms with E-state index in [2.05, 4.69) is 30.4 Å². The summed E-state index contributed by atoms with van der Waals surface area (Å²) < 4.78 is 38.6. The molecule has 0 fully saturated rings. The van der Waals surface area contributed by atoms with Crippen molar-refractivity contribution in [3.63, 3.8) is 0 Å². The van der Waals surface area contributed by atoms with E-state index in [1.807, 2.05) is 24.6 Å². The largest absolute Gasteiger partial charge is 0.405 e. The lowest BCUT2D eigenvalue weighted by Gasteiger charge is -2.15. The van der Waals surface area contributed by atoms with Gasteiger partial charge in [0.15, 0.2) is 0 Å². The predicted molar refractivity (Wildman–Crippen MR) is 111 cm³/mol. The van der Waals surface area contributed by atoms with Crippen LogP contribution in [0.25, 0.3) is 33.4 Å². The molecule has 1 amide bonds. The second-order valence-electron chi connectivity index (χ2n) is 7.21. The maximum atomic E-state index is 12.3. The molecule has 0 aliphatic rings. The molecule has 0 radical (unpaired) electrons. The molecule has 1 unspecified atom stereocenters. The predicted octanol–water partition coefficient (Wildman–Crippen LogP) is 2.90. The molecule has 0 saturated carbocycles. The van der Waals surface area contributed by atoms with Crippen LogP contribution in [0.4, 0.5) is 19.0 Å². The van der Waals surface area contributed by atoms with E-state index in [-0.39, 0.29) is 5.82 Å². The molecule has 0 spiro atoms. The third-order valence-electron chi connectivity index (χ3n) is 4.70. The Bertz CT molecular complexity index is 1260. The van der Waals surface area contributed by atoms with Crippen LogP contribution in [0.15, 0.2) is 43.2 Å². The third kappa shape index (κ3) is 4.68. The lowest BCUT2D eigenvalue weighted by molar-refractivity contribution is -0.138. The van der Waals surface area contributed by atoms with Gasteiger partial charge in [-0.05, 0) is 13.0 Å². The van der Waals surface area contributed by atoms with Crippen LogP contribution < -0.4 is 10.6 Å². The maximum Gasteiger partial charge on any atom is 0.405 e. The van der Waals surface area contributed by atoms with Crippen LogP contribution in [0.1, 0.15) is 6.92 Å². The minimum absolute atomic E-state index is 0.253. The van der Waals surface area contributed by atoms with Crippen molar-refractivity contribution in [1.29, 1.82) is 0 Å². The molecular weight excluding hydrogens is 425 g/mol. The summed E-state index contributed by atoms with van der Waals surface area (Å²) in [5.74, 6) is -0.546. The van der Waals surface area contributed by atoms with Crippen molar-refractivity contribution < 1.29 is 18.0 Å². The van der Waals surface area contributed by atoms with Crippen LogP contribution in [-0.4, -0.2) is 54.4 Å². The molecular formula is C20H19F3N8O. The number of aromatic nitrogens is 6. The van der Waals surface area contributed by atoms with Crippen molar-refractivity contribution >= 4 is 22.8 Å². The van der Waals surface area contributed by atoms with Gasteiger partial charge in [0.25, 0.3) is 0 Å². The molecule has 166 valence electrons. The number of rotatable bonds is 6. The van der Waals surface area contributed by atoms with Crippen LogP contribution in [0.5, 0.6) is 0 Å². The number of amides is 1. The van der Waals surface area contributed by atoms with Gasteiger partial charge >= 0.3 is 6.18 Å². The Morgan fingerprint density at radius 3 is 2.75 bits per heavy atom. The summed E-state index contributed by atoms with van der Waals surface area (Å²) >= 11 is 0. The molecule has 4 aromatic heterocycles. The highest BCUT2D eigenvalue weighted by atomic mass is 19.4. The first-order chi connectivity index (χ1) is 15.2. The van der Waals surface area contributed by atoms with Crippen molar-refractivity contribution in [1.82, 2.24) is 35.0 Å². The number of hydrogen-bond donors (Lipinski definition) is 3. The second kappa shape index (κ2) is 8.29. The fraction of sp³-hybridized carbons (Fsp3) is 0.250. The molecule has 1 atom stereocenters. The molecule has 9 nitrogen and oxygen atoms in total. The molecule has 0 aliphatic carbocycles. The molecule has 12 heteroatoms. The molecule has 4 heterocycles. The zero-order chi connectivity index (χ0) is 22.9. The van der Waals surface area contributed by atoms with E-state index in [4.69, 9.17) is 0 Å². The number of hydrogen-bond acceptors (Lipinski definition) is 6. The number of halogens is 3. The number of fused-ring (bicyclic) bond motifs is 1. The van der Waals surface area contributed by atoms with Crippen molar-refractivity contribution in [2.24, 2.45) is 7.05 Å². The summed E-state index contributed by atoms with van der Waals surface area (Å²) in [5, 5.41) is 9.61. The lowest BCUT2D eigenvalue weighted by atomic mass is 10.1. The normalized spacial score (nSPS) is 12.7. The van der Waals surface area contributed by atoms with Gasteiger partial charge in [0.05, 0.1) is 24.3 Å². The number of nitrogens with one attached hydrogen (secondary N) is 3. The lowest BCUT2D eigenvalue weighted by Crippen LogP contribution is -2.42. The average molecular weight is 444 g/mol. The van der Waals surface area contributed by atoms with Gasteiger partial charge in [-0.2, -0.15) is 18.3 Å². The van der Waals surface area contributed by atoms with Crippen LogP contribution in [0.3, 0.4) is 0 Å². The molecule has 0 aromatic carbocycles. The van der Waals surface area contributed by atoms with Crippen molar-refractivity contribution in [2.45, 2.75) is 19.1 Å². The van der Waals surface area contributed by atoms with Crippen molar-refractivity contribution in [2.75, 3.05) is 11.9 Å². The Balaban J connectivity index is 1.57. The number of nitrogens with zero attached hydrogens (tertiary/aromatic N) is 5. The molecule has 4 rings (SSSR count). The number of aryl methyl sites for hydroxylation is 1. The average Bonchev–Trinajstić information content (AvgIpc) is 3.37. The summed E-state index contributed by atoms with van der Waals surface area (Å²) in [6, 6.07) is 1.02. The Kier molecular flexibility index (Phi) is 5.51. The molecule has 0 saturated heterocycles. The fourth-order valence-corrected chi connectivity index (χ4v) is 3.14. The standard InChI is InChI=1S/C20H19F3N8O/c1-11(19(32)27-10-20(21,22)23)29-17-8-24-7-16(30-17)15-6-26-18-14(15)3-12(4-25-18)13-5-28-31(2)9-13/h3-9,11H,10H2,1-2H3,(H,25,26)(H,27,32)(H,29,30). The number of anilines is 1. The Morgan fingerprint density at radius 2 is 2.03 bits per heavy atom. The van der Waals surface area contributed by atoms with Gasteiger partial charge in [0.1, 0.15) is 24.1 Å². The quantitative estimate of drug-likeness (QED) is 0.422. The third-order valence-corrected chi connectivity index (χ3v) is 4.70. The molecule has 0 aliphatic heterocycles. The van der Waals surface area contributed by atoms with E-state index in [0.717, 1.165) is 22.1 Å². The number of aromatic amines is 1. The molecule has 3 N–H and O–H groups in total. The van der Waals surface area contributed by atoms with E-state index in [1.165, 1.54) is 13.1 Å². The number of carbonyl (C=O) groups is 1. The van der Waals surface area contributed by atoms with E-state index in [0.29, 0.717) is 11.3 Å². The zero-order valence-corrected chi connectivity index (χ0v) is 17.1. The van der Waals surface area contributed by atoms with Gasteiger partial charge < -0.3 is 15.6 Å². The smallest absolute Gasteiger partial charge is 0.357 e. The number of carbonyl (C=O) groups excluding carboxylic acids is 1. The Morgan fingerprint density at radius 1 is 1.22 bits per heavy atom. The summed E-state index contributed by atoms with van der Waals surface area (Å²) in [7, 11) is 1.83. The van der Waals surface area contributed by atoms with Gasteiger partial charge in [-0.3, -0.25) is 14.5 Å². The van der Waals surface area contributed by atoms with Gasteiger partial charge in [0.2, 0.25) is 5.91 Å². The first kappa shape index (κ1) is 21.3. The van der Waals surface area contributed by atoms with E-state index < -0.39 is 24.7 Å². The van der Waals surface area contributed by atoms with Gasteiger partial charge in [-0.15, -0.1) is 0 Å². The van der Waals surface area contributed by atoms with Gasteiger partial charge in [-0.1, -0.05) is 0 Å². The maximum absolute atomic E-state index is 12.3. The summed E-state index contributed by atoms with van der Waals surface area (Å²) in [6.45, 7) is 0.0427. The summed E-state index contributed by atoms with van der Waals surface area (Å²) in [4.78, 5) is 28.1. The Labute approximate surface area is 180 Å². The van der Waals surface area contributed by atoms with Crippen molar-refractivity contribution in [3.8, 4) is 22.4 Å². The van der Waals surface area contributed by atoms with Crippen LogP contribution in [0, 0.1) is 0 Å². The minimum atomic E-state index is -4.48. The number of H-pyrrole nitrogens is 1.